The molecule has 0 radical (unpaired) electrons. The molecule has 1 aliphatic rings. The summed E-state index contributed by atoms with van der Waals surface area (Å²) < 4.78 is 12.0. The lowest BCUT2D eigenvalue weighted by molar-refractivity contribution is 0.200. The summed E-state index contributed by atoms with van der Waals surface area (Å²) in [5.41, 5.74) is 4.31. The molecule has 2 aromatic heterocycles. The molecule has 1 atom stereocenters. The third kappa shape index (κ3) is 4.87. The Bertz CT molecular complexity index is 1160. The highest BCUT2D eigenvalue weighted by molar-refractivity contribution is 5.55. The number of ether oxygens (including phenoxy) is 2. The van der Waals surface area contributed by atoms with Crippen molar-refractivity contribution in [3.05, 3.63) is 83.7 Å². The van der Waals surface area contributed by atoms with Gasteiger partial charge in [-0.15, -0.1) is 10.2 Å². The first-order valence-corrected chi connectivity index (χ1v) is 11.4. The zero-order valence-corrected chi connectivity index (χ0v) is 18.6. The Balaban J connectivity index is 1.50. The first kappa shape index (κ1) is 21.1. The maximum atomic E-state index is 6.37. The second-order valence-corrected chi connectivity index (χ2v) is 8.37. The number of nitrogens with zero attached hydrogens (tertiary/aromatic N) is 4. The Hall–Kier alpha value is -3.74. The molecule has 0 bridgehead atoms. The minimum absolute atomic E-state index is 0.107. The summed E-state index contributed by atoms with van der Waals surface area (Å²) in [6.07, 6.45) is 7.53. The predicted octanol–water partition coefficient (Wildman–Crippen LogP) is 4.97. The molecular weight excluding hydrogens is 414 g/mol. The normalized spacial score (nSPS) is 14.8. The lowest BCUT2D eigenvalue weighted by Crippen LogP contribution is -2.13. The van der Waals surface area contributed by atoms with Gasteiger partial charge >= 0.3 is 0 Å². The number of H-pyrrole nitrogens is 1. The fourth-order valence-corrected chi connectivity index (χ4v) is 4.49. The highest BCUT2D eigenvalue weighted by Gasteiger charge is 2.22. The molecule has 5 rings (SSSR count). The van der Waals surface area contributed by atoms with E-state index in [1.165, 1.54) is 24.0 Å². The van der Waals surface area contributed by atoms with E-state index in [0.717, 1.165) is 42.0 Å². The van der Waals surface area contributed by atoms with E-state index in [0.29, 0.717) is 5.82 Å². The quantitative estimate of drug-likeness (QED) is 0.416. The van der Waals surface area contributed by atoms with Crippen molar-refractivity contribution in [2.24, 2.45) is 0 Å². The summed E-state index contributed by atoms with van der Waals surface area (Å²) in [6.45, 7) is 0. The molecule has 7 nitrogen and oxygen atoms in total. The van der Waals surface area contributed by atoms with Crippen LogP contribution in [-0.4, -0.2) is 38.8 Å². The number of aromatic nitrogens is 5. The number of benzene rings is 2. The van der Waals surface area contributed by atoms with E-state index < -0.39 is 0 Å². The fourth-order valence-electron chi connectivity index (χ4n) is 4.49. The Morgan fingerprint density at radius 2 is 1.79 bits per heavy atom. The Kier molecular flexibility index (Phi) is 6.28. The van der Waals surface area contributed by atoms with Crippen molar-refractivity contribution in [3.8, 4) is 22.9 Å². The van der Waals surface area contributed by atoms with Crippen molar-refractivity contribution < 1.29 is 9.47 Å². The minimum atomic E-state index is 0.107. The van der Waals surface area contributed by atoms with Gasteiger partial charge in [0.2, 0.25) is 5.82 Å². The summed E-state index contributed by atoms with van der Waals surface area (Å²) >= 11 is 0. The van der Waals surface area contributed by atoms with Gasteiger partial charge in [-0.2, -0.15) is 5.21 Å². The monoisotopic (exact) mass is 441 g/mol. The van der Waals surface area contributed by atoms with Gasteiger partial charge in [0.15, 0.2) is 11.5 Å². The van der Waals surface area contributed by atoms with Crippen LogP contribution in [0.4, 0.5) is 0 Å². The van der Waals surface area contributed by atoms with Crippen LogP contribution >= 0.6 is 0 Å². The molecule has 1 fully saturated rings. The second-order valence-electron chi connectivity index (χ2n) is 8.37. The number of pyridine rings is 1. The van der Waals surface area contributed by atoms with E-state index in [1.54, 1.807) is 7.11 Å². The number of hydrogen-bond donors (Lipinski definition) is 1. The smallest absolute Gasteiger partial charge is 0.204 e. The topological polar surface area (TPSA) is 85.8 Å². The van der Waals surface area contributed by atoms with Crippen molar-refractivity contribution in [1.29, 1.82) is 0 Å². The molecule has 7 heteroatoms. The zero-order valence-electron chi connectivity index (χ0n) is 18.6. The third-order valence-electron chi connectivity index (χ3n) is 6.24. The van der Waals surface area contributed by atoms with Gasteiger partial charge in [0, 0.05) is 29.8 Å². The largest absolute Gasteiger partial charge is 0.493 e. The second kappa shape index (κ2) is 9.81. The lowest BCUT2D eigenvalue weighted by Gasteiger charge is -2.21. The van der Waals surface area contributed by atoms with Crippen molar-refractivity contribution in [2.75, 3.05) is 7.11 Å². The molecule has 4 aromatic rings. The van der Waals surface area contributed by atoms with E-state index in [9.17, 15) is 0 Å². The molecule has 1 N–H and O–H groups in total. The molecule has 33 heavy (non-hydrogen) atoms. The van der Waals surface area contributed by atoms with Crippen LogP contribution in [0.3, 0.4) is 0 Å². The van der Waals surface area contributed by atoms with E-state index in [1.807, 2.05) is 36.5 Å². The van der Waals surface area contributed by atoms with Gasteiger partial charge in [0.1, 0.15) is 0 Å². The van der Waals surface area contributed by atoms with E-state index >= 15 is 0 Å². The first-order valence-electron chi connectivity index (χ1n) is 11.4. The minimum Gasteiger partial charge on any atom is -0.493 e. The Morgan fingerprint density at radius 3 is 2.48 bits per heavy atom. The molecule has 2 heterocycles. The zero-order chi connectivity index (χ0) is 22.5. The summed E-state index contributed by atoms with van der Waals surface area (Å²) in [7, 11) is 1.69. The summed E-state index contributed by atoms with van der Waals surface area (Å²) in [5.74, 6) is 2.28. The van der Waals surface area contributed by atoms with Crippen molar-refractivity contribution >= 4 is 0 Å². The molecule has 0 amide bonds. The number of aromatic amines is 1. The molecule has 0 spiro atoms. The predicted molar refractivity (Wildman–Crippen MR) is 125 cm³/mol. The van der Waals surface area contributed by atoms with E-state index in [4.69, 9.17) is 9.47 Å². The summed E-state index contributed by atoms with van der Waals surface area (Å²) in [5, 5.41) is 14.3. The van der Waals surface area contributed by atoms with Gasteiger partial charge in [-0.1, -0.05) is 36.4 Å². The number of nitrogens with one attached hydrogen (secondary N) is 1. The number of tetrazole rings is 1. The molecule has 1 saturated carbocycles. The van der Waals surface area contributed by atoms with Crippen LogP contribution < -0.4 is 9.47 Å². The van der Waals surface area contributed by atoms with Crippen LogP contribution in [-0.2, 0) is 6.42 Å². The Morgan fingerprint density at radius 1 is 0.970 bits per heavy atom. The standard InChI is InChI=1S/C26H27N5O2/c1-32-24-14-13-20(16-25(24)33-22-7-2-3-8-22)23(17-21-6-4-5-15-27-21)18-9-11-19(12-10-18)26-28-30-31-29-26/h4-6,9-16,22-23H,2-3,7-8,17H2,1H3,(H,28,29,30,31). The molecule has 1 unspecified atom stereocenters. The average Bonchev–Trinajstić information content (AvgIpc) is 3.58. The number of methoxy groups -OCH3 is 1. The highest BCUT2D eigenvalue weighted by atomic mass is 16.5. The van der Waals surface area contributed by atoms with Crippen molar-refractivity contribution in [1.82, 2.24) is 25.6 Å². The van der Waals surface area contributed by atoms with Crippen molar-refractivity contribution in [3.63, 3.8) is 0 Å². The van der Waals surface area contributed by atoms with Gasteiger partial charge in [0.25, 0.3) is 0 Å². The van der Waals surface area contributed by atoms with Gasteiger partial charge in [-0.3, -0.25) is 4.98 Å². The van der Waals surface area contributed by atoms with Gasteiger partial charge < -0.3 is 9.47 Å². The molecule has 1 aliphatic carbocycles. The van der Waals surface area contributed by atoms with Gasteiger partial charge in [-0.05, 0) is 66.3 Å². The molecule has 168 valence electrons. The maximum absolute atomic E-state index is 6.37. The van der Waals surface area contributed by atoms with E-state index in [-0.39, 0.29) is 12.0 Å². The number of rotatable bonds is 8. The average molecular weight is 442 g/mol. The maximum Gasteiger partial charge on any atom is 0.204 e. The third-order valence-corrected chi connectivity index (χ3v) is 6.24. The van der Waals surface area contributed by atoms with Gasteiger partial charge in [0.05, 0.1) is 13.2 Å². The SMILES string of the molecule is COc1ccc(C(Cc2ccccn2)c2ccc(-c3nn[nH]n3)cc2)cc1OC1CCCC1. The van der Waals surface area contributed by atoms with Crippen molar-refractivity contribution in [2.45, 2.75) is 44.1 Å². The summed E-state index contributed by atoms with van der Waals surface area (Å²) in [4.78, 5) is 4.58. The summed E-state index contributed by atoms with van der Waals surface area (Å²) in [6, 6.07) is 20.6. The molecule has 0 saturated heterocycles. The molecular formula is C26H27N5O2. The van der Waals surface area contributed by atoms with Crippen LogP contribution in [0.25, 0.3) is 11.4 Å². The van der Waals surface area contributed by atoms with Crippen LogP contribution in [0.15, 0.2) is 66.9 Å². The van der Waals surface area contributed by atoms with Crippen LogP contribution in [0.5, 0.6) is 11.5 Å². The Labute approximate surface area is 193 Å². The molecule has 0 aliphatic heterocycles. The number of hydrogen-bond acceptors (Lipinski definition) is 6. The highest BCUT2D eigenvalue weighted by Crippen LogP contribution is 2.37. The van der Waals surface area contributed by atoms with Crippen LogP contribution in [0, 0.1) is 0 Å². The molecule has 2 aromatic carbocycles. The van der Waals surface area contributed by atoms with E-state index in [2.05, 4.69) is 55.9 Å². The van der Waals surface area contributed by atoms with Crippen LogP contribution in [0.1, 0.15) is 48.4 Å². The first-order chi connectivity index (χ1) is 16.3. The fraction of sp³-hybridized carbons (Fsp3) is 0.308. The lowest BCUT2D eigenvalue weighted by atomic mass is 9.86. The van der Waals surface area contributed by atoms with Gasteiger partial charge in [-0.25, -0.2) is 0 Å². The van der Waals surface area contributed by atoms with Crippen LogP contribution in [0.2, 0.25) is 0 Å².